The van der Waals surface area contributed by atoms with Crippen molar-refractivity contribution in [2.45, 2.75) is 76.1 Å². The van der Waals surface area contributed by atoms with Crippen molar-refractivity contribution < 1.29 is 24.2 Å². The molecule has 1 aliphatic rings. The van der Waals surface area contributed by atoms with Gasteiger partial charge in [-0.3, -0.25) is 20.3 Å². The number of carbonyl (C=O) groups excluding carboxylic acids is 2. The van der Waals surface area contributed by atoms with Gasteiger partial charge in [0.1, 0.15) is 23.6 Å². The fourth-order valence-electron chi connectivity index (χ4n) is 5.83. The molecule has 0 saturated heterocycles. The molecule has 0 radical (unpaired) electrons. The molecule has 1 unspecified atom stereocenters. The van der Waals surface area contributed by atoms with E-state index in [4.69, 9.17) is 28.6 Å². The lowest BCUT2D eigenvalue weighted by molar-refractivity contribution is -0.132. The number of amidine groups is 1. The van der Waals surface area contributed by atoms with Crippen molar-refractivity contribution in [3.63, 3.8) is 0 Å². The molecule has 8 nitrogen and oxygen atoms in total. The third kappa shape index (κ3) is 11.9. The molecule has 1 saturated carbocycles. The quantitative estimate of drug-likeness (QED) is 0.0489. The van der Waals surface area contributed by atoms with Crippen molar-refractivity contribution in [3.8, 4) is 0 Å². The predicted octanol–water partition coefficient (Wildman–Crippen LogP) is 6.86. The van der Waals surface area contributed by atoms with E-state index in [1.54, 1.807) is 48.5 Å². The van der Waals surface area contributed by atoms with Crippen LogP contribution in [0.25, 0.3) is 0 Å². The second-order valence-electron chi connectivity index (χ2n) is 13.0. The lowest BCUT2D eigenvalue weighted by Crippen LogP contribution is -2.57. The first-order chi connectivity index (χ1) is 23.3. The van der Waals surface area contributed by atoms with Crippen LogP contribution in [-0.4, -0.2) is 51.9 Å². The normalized spacial score (nSPS) is 20.6. The number of aliphatic hydroxyl groups excluding tert-OH is 2. The molecule has 0 bridgehead atoms. The minimum absolute atomic E-state index is 0.0599. The Balaban J connectivity index is 2.12. The van der Waals surface area contributed by atoms with Gasteiger partial charge in [-0.15, -0.1) is 11.6 Å². The highest BCUT2D eigenvalue weighted by Crippen LogP contribution is 2.32. The van der Waals surface area contributed by atoms with Crippen LogP contribution in [-0.2, 0) is 9.59 Å². The SMILES string of the molecule is C=C(Cl)/C=C\C=C(/F)[C@H](C(=O)NC(=N)C(Cl)[C@H](C)C(C)C)[C@@H](N[C@H](c1ccccc1)[C@@H](O)c1ccccc1)C(=O)NC1CCC(CO)CC1. The molecule has 2 aromatic rings. The molecule has 0 aliphatic heterocycles. The first kappa shape index (κ1) is 40.1. The number of rotatable bonds is 16. The molecular weight excluding hydrogens is 666 g/mol. The lowest BCUT2D eigenvalue weighted by Gasteiger charge is -2.35. The average Bonchev–Trinajstić information content (AvgIpc) is 3.09. The number of hydrogen-bond acceptors (Lipinski definition) is 6. The van der Waals surface area contributed by atoms with E-state index in [0.717, 1.165) is 6.08 Å². The monoisotopic (exact) mass is 714 g/mol. The molecule has 6 atom stereocenters. The number of alkyl halides is 1. The van der Waals surface area contributed by atoms with E-state index in [-0.39, 0.29) is 41.3 Å². The molecule has 6 N–H and O–H groups in total. The fraction of sp³-hybridized carbons (Fsp3) is 0.447. The van der Waals surface area contributed by atoms with Crippen molar-refractivity contribution in [1.29, 1.82) is 5.41 Å². The number of nitrogens with one attached hydrogen (secondary N) is 4. The number of allylic oxidation sites excluding steroid dienone is 4. The smallest absolute Gasteiger partial charge is 0.238 e. The molecule has 1 fully saturated rings. The summed E-state index contributed by atoms with van der Waals surface area (Å²) in [4.78, 5) is 28.4. The van der Waals surface area contributed by atoms with Gasteiger partial charge in [-0.2, -0.15) is 0 Å². The third-order valence-electron chi connectivity index (χ3n) is 9.20. The van der Waals surface area contributed by atoms with Gasteiger partial charge in [-0.05, 0) is 66.7 Å². The van der Waals surface area contributed by atoms with E-state index in [1.165, 1.54) is 12.2 Å². The average molecular weight is 716 g/mol. The summed E-state index contributed by atoms with van der Waals surface area (Å²) >= 11 is 12.4. The van der Waals surface area contributed by atoms with Crippen LogP contribution >= 0.6 is 23.2 Å². The summed E-state index contributed by atoms with van der Waals surface area (Å²) in [7, 11) is 0. The molecular formula is C38H49Cl2FN4O4. The molecule has 1 aliphatic carbocycles. The maximum atomic E-state index is 16.4. The summed E-state index contributed by atoms with van der Waals surface area (Å²) in [6.07, 6.45) is 5.03. The first-order valence-corrected chi connectivity index (χ1v) is 17.5. The van der Waals surface area contributed by atoms with Crippen LogP contribution in [0.1, 0.15) is 69.7 Å². The minimum Gasteiger partial charge on any atom is -0.396 e. The van der Waals surface area contributed by atoms with Crippen molar-refractivity contribution in [2.24, 2.45) is 23.7 Å². The maximum Gasteiger partial charge on any atom is 0.238 e. The number of hydrogen-bond donors (Lipinski definition) is 6. The Morgan fingerprint density at radius 3 is 2.10 bits per heavy atom. The minimum atomic E-state index is -1.80. The van der Waals surface area contributed by atoms with Crippen molar-refractivity contribution in [2.75, 3.05) is 6.61 Å². The van der Waals surface area contributed by atoms with Gasteiger partial charge in [0, 0.05) is 17.7 Å². The van der Waals surface area contributed by atoms with Crippen LogP contribution in [0.15, 0.2) is 96.3 Å². The zero-order valence-corrected chi connectivity index (χ0v) is 29.8. The van der Waals surface area contributed by atoms with Gasteiger partial charge in [0.05, 0.1) is 17.5 Å². The molecule has 0 spiro atoms. The molecule has 2 amide bonds. The Kier molecular flexibility index (Phi) is 16.2. The van der Waals surface area contributed by atoms with E-state index < -0.39 is 47.1 Å². The molecule has 3 rings (SSSR count). The van der Waals surface area contributed by atoms with Crippen LogP contribution in [0.3, 0.4) is 0 Å². The highest BCUT2D eigenvalue weighted by Gasteiger charge is 2.42. The van der Waals surface area contributed by atoms with Gasteiger partial charge in [0.15, 0.2) is 0 Å². The standard InChI is InChI=1S/C38H49Cl2FN4O4/c1-23(2)25(4)32(40)36(42)45-37(48)31(30(41)17-11-12-24(3)39)34(38(49)43-29-20-18-26(22-46)19-21-29)44-33(27-13-7-5-8-14-27)35(47)28-15-9-6-10-16-28/h5-17,23,25-26,29,31-35,44,46-47H,3,18-22H2,1-2,4H3,(H,43,49)(H2,42,45,48)/b12-11-,30-17-/t25-,26?,29?,31+,32?,33-,34-,35+/m1/s1. The van der Waals surface area contributed by atoms with Crippen LogP contribution in [0.4, 0.5) is 4.39 Å². The van der Waals surface area contributed by atoms with E-state index in [9.17, 15) is 19.8 Å². The highest BCUT2D eigenvalue weighted by atomic mass is 35.5. The summed E-state index contributed by atoms with van der Waals surface area (Å²) in [5.41, 5.74) is 1.14. The lowest BCUT2D eigenvalue weighted by atomic mass is 9.86. The molecule has 266 valence electrons. The largest absolute Gasteiger partial charge is 0.396 e. The summed E-state index contributed by atoms with van der Waals surface area (Å²) < 4.78 is 16.4. The van der Waals surface area contributed by atoms with Crippen LogP contribution in [0.2, 0.25) is 0 Å². The summed E-state index contributed by atoms with van der Waals surface area (Å²) in [5, 5.41) is 37.8. The number of aliphatic hydroxyl groups is 2. The van der Waals surface area contributed by atoms with E-state index in [1.807, 2.05) is 32.9 Å². The summed E-state index contributed by atoms with van der Waals surface area (Å²) in [5.74, 6) is -4.69. The molecule has 2 aromatic carbocycles. The topological polar surface area (TPSA) is 135 Å². The van der Waals surface area contributed by atoms with Crippen LogP contribution in [0, 0.1) is 29.1 Å². The van der Waals surface area contributed by atoms with E-state index >= 15 is 4.39 Å². The fourth-order valence-corrected chi connectivity index (χ4v) is 6.25. The van der Waals surface area contributed by atoms with Crippen molar-refractivity contribution in [1.82, 2.24) is 16.0 Å². The Morgan fingerprint density at radius 2 is 1.57 bits per heavy atom. The van der Waals surface area contributed by atoms with Gasteiger partial charge >= 0.3 is 0 Å². The number of carbonyl (C=O) groups is 2. The molecule has 11 heteroatoms. The predicted molar refractivity (Wildman–Crippen MR) is 195 cm³/mol. The van der Waals surface area contributed by atoms with Crippen molar-refractivity contribution in [3.05, 3.63) is 107 Å². The van der Waals surface area contributed by atoms with E-state index in [0.29, 0.717) is 36.8 Å². The highest BCUT2D eigenvalue weighted by molar-refractivity contribution is 6.32. The second-order valence-corrected chi connectivity index (χ2v) is 14.0. The van der Waals surface area contributed by atoms with Gasteiger partial charge in [-0.1, -0.05) is 106 Å². The molecule has 0 heterocycles. The zero-order chi connectivity index (χ0) is 36.1. The van der Waals surface area contributed by atoms with Crippen molar-refractivity contribution >= 4 is 40.9 Å². The Labute approximate surface area is 299 Å². The van der Waals surface area contributed by atoms with E-state index in [2.05, 4.69) is 22.5 Å². The van der Waals surface area contributed by atoms with Gasteiger partial charge in [0.25, 0.3) is 0 Å². The van der Waals surface area contributed by atoms with Gasteiger partial charge < -0.3 is 20.8 Å². The Bertz CT molecular complexity index is 1450. The number of halogens is 3. The second kappa shape index (κ2) is 19.7. The van der Waals surface area contributed by atoms with Crippen LogP contribution < -0.4 is 16.0 Å². The number of benzene rings is 2. The summed E-state index contributed by atoms with van der Waals surface area (Å²) in [6.45, 7) is 9.36. The first-order valence-electron chi connectivity index (χ1n) is 16.7. The third-order valence-corrected chi connectivity index (χ3v) is 9.94. The molecule has 49 heavy (non-hydrogen) atoms. The van der Waals surface area contributed by atoms with Gasteiger partial charge in [-0.25, -0.2) is 4.39 Å². The number of amides is 2. The Hall–Kier alpha value is -3.34. The van der Waals surface area contributed by atoms with Gasteiger partial charge in [0.2, 0.25) is 11.8 Å². The van der Waals surface area contributed by atoms with Crippen LogP contribution in [0.5, 0.6) is 0 Å². The Morgan fingerprint density at radius 1 is 1.00 bits per heavy atom. The maximum absolute atomic E-state index is 16.4. The molecule has 0 aromatic heterocycles. The summed E-state index contributed by atoms with van der Waals surface area (Å²) in [6, 6.07) is 14.9. The zero-order valence-electron chi connectivity index (χ0n) is 28.3.